The number of ether oxygens (including phenoxy) is 1. The third-order valence-corrected chi connectivity index (χ3v) is 4.32. The summed E-state index contributed by atoms with van der Waals surface area (Å²) in [6.07, 6.45) is 6.48. The molecule has 0 aromatic heterocycles. The van der Waals surface area contributed by atoms with Crippen LogP contribution in [0.3, 0.4) is 0 Å². The number of rotatable bonds is 11. The predicted molar refractivity (Wildman–Crippen MR) is 99.5 cm³/mol. The van der Waals surface area contributed by atoms with E-state index in [9.17, 15) is 5.11 Å². The highest BCUT2D eigenvalue weighted by Gasteiger charge is 2.31. The summed E-state index contributed by atoms with van der Waals surface area (Å²) in [7, 11) is 0. The lowest BCUT2D eigenvalue weighted by Crippen LogP contribution is -2.40. The molecule has 1 aliphatic heterocycles. The standard InChI is InChI=1S/C15H30N2O2.C4H10/c1-5-6-7-8-15(4,16)13(3)19-11-14(18)10-17-9-12(17)2;1-3-4-2/h12,14,18H,3,5-11,16H2,1-2,4H3;3-4H2,1-2H3. The summed E-state index contributed by atoms with van der Waals surface area (Å²) in [5, 5.41) is 9.86. The molecule has 0 aromatic carbocycles. The van der Waals surface area contributed by atoms with E-state index in [1.54, 1.807) is 0 Å². The molecule has 4 heteroatoms. The summed E-state index contributed by atoms with van der Waals surface area (Å²) in [6.45, 7) is 16.6. The average molecular weight is 329 g/mol. The number of hydrogen-bond donors (Lipinski definition) is 2. The monoisotopic (exact) mass is 328 g/mol. The smallest absolute Gasteiger partial charge is 0.115 e. The third kappa shape index (κ3) is 10.7. The zero-order chi connectivity index (χ0) is 17.9. The van der Waals surface area contributed by atoms with Crippen LogP contribution in [0.5, 0.6) is 0 Å². The van der Waals surface area contributed by atoms with E-state index >= 15 is 0 Å². The lowest BCUT2D eigenvalue weighted by atomic mass is 9.94. The van der Waals surface area contributed by atoms with Crippen LogP contribution in [0, 0.1) is 0 Å². The Morgan fingerprint density at radius 1 is 1.30 bits per heavy atom. The number of nitrogens with two attached hydrogens (primary N) is 1. The molecule has 0 amide bonds. The molecular weight excluding hydrogens is 288 g/mol. The van der Waals surface area contributed by atoms with Crippen LogP contribution >= 0.6 is 0 Å². The summed E-state index contributed by atoms with van der Waals surface area (Å²) in [5.74, 6) is 0.585. The molecule has 4 unspecified atom stereocenters. The van der Waals surface area contributed by atoms with Gasteiger partial charge in [-0.3, -0.25) is 4.90 Å². The summed E-state index contributed by atoms with van der Waals surface area (Å²) in [4.78, 5) is 2.21. The lowest BCUT2D eigenvalue weighted by molar-refractivity contribution is 0.0484. The highest BCUT2D eigenvalue weighted by molar-refractivity contribution is 5.06. The van der Waals surface area contributed by atoms with E-state index in [4.69, 9.17) is 10.5 Å². The van der Waals surface area contributed by atoms with Crippen molar-refractivity contribution >= 4 is 0 Å². The molecule has 0 spiro atoms. The summed E-state index contributed by atoms with van der Waals surface area (Å²) < 4.78 is 5.57. The second-order valence-corrected chi connectivity index (χ2v) is 7.07. The quantitative estimate of drug-likeness (QED) is 0.345. The van der Waals surface area contributed by atoms with Gasteiger partial charge in [0.2, 0.25) is 0 Å². The molecule has 1 heterocycles. The summed E-state index contributed by atoms with van der Waals surface area (Å²) in [6, 6.07) is 0.603. The fourth-order valence-electron chi connectivity index (χ4n) is 2.11. The van der Waals surface area contributed by atoms with Gasteiger partial charge in [0.1, 0.15) is 18.5 Å². The Labute approximate surface area is 144 Å². The van der Waals surface area contributed by atoms with E-state index in [1.807, 2.05) is 6.92 Å². The Balaban J connectivity index is 0.00000108. The Morgan fingerprint density at radius 2 is 1.87 bits per heavy atom. The highest BCUT2D eigenvalue weighted by atomic mass is 16.5. The highest BCUT2D eigenvalue weighted by Crippen LogP contribution is 2.21. The third-order valence-electron chi connectivity index (χ3n) is 4.32. The second-order valence-electron chi connectivity index (χ2n) is 7.07. The minimum Gasteiger partial charge on any atom is -0.494 e. The molecular formula is C19H40N2O2. The Bertz CT molecular complexity index is 316. The topological polar surface area (TPSA) is 58.5 Å². The minimum absolute atomic E-state index is 0.280. The predicted octanol–water partition coefficient (Wildman–Crippen LogP) is 3.69. The molecule has 4 nitrogen and oxygen atoms in total. The van der Waals surface area contributed by atoms with Crippen LogP contribution in [0.15, 0.2) is 12.3 Å². The van der Waals surface area contributed by atoms with Gasteiger partial charge >= 0.3 is 0 Å². The van der Waals surface area contributed by atoms with Gasteiger partial charge in [0.25, 0.3) is 0 Å². The van der Waals surface area contributed by atoms with E-state index < -0.39 is 11.6 Å². The lowest BCUT2D eigenvalue weighted by Gasteiger charge is -2.28. The van der Waals surface area contributed by atoms with Crippen molar-refractivity contribution in [2.75, 3.05) is 19.7 Å². The van der Waals surface area contributed by atoms with Gasteiger partial charge in [-0.25, -0.2) is 0 Å². The first-order valence-electron chi connectivity index (χ1n) is 9.31. The Kier molecular flexibility index (Phi) is 11.6. The van der Waals surface area contributed by atoms with Crippen LogP contribution in [0.1, 0.15) is 73.1 Å². The molecule has 1 aliphatic rings. The maximum absolute atomic E-state index is 9.86. The molecule has 1 fully saturated rings. The van der Waals surface area contributed by atoms with Crippen LogP contribution in [0.4, 0.5) is 0 Å². The zero-order valence-corrected chi connectivity index (χ0v) is 16.1. The van der Waals surface area contributed by atoms with Gasteiger partial charge in [-0.15, -0.1) is 0 Å². The van der Waals surface area contributed by atoms with E-state index in [-0.39, 0.29) is 6.61 Å². The van der Waals surface area contributed by atoms with Crippen molar-refractivity contribution < 1.29 is 9.84 Å². The van der Waals surface area contributed by atoms with Gasteiger partial charge in [0.05, 0.1) is 5.54 Å². The van der Waals surface area contributed by atoms with Crippen molar-refractivity contribution in [3.05, 3.63) is 12.3 Å². The van der Waals surface area contributed by atoms with Gasteiger partial charge in [0.15, 0.2) is 0 Å². The van der Waals surface area contributed by atoms with Crippen molar-refractivity contribution in [3.8, 4) is 0 Å². The van der Waals surface area contributed by atoms with Gasteiger partial charge < -0.3 is 15.6 Å². The molecule has 0 bridgehead atoms. The SMILES string of the molecule is C=C(OCC(O)CN1CC1C)C(C)(N)CCCCC.CCCC. The molecule has 1 rings (SSSR count). The molecule has 0 saturated carbocycles. The molecule has 0 aliphatic carbocycles. The van der Waals surface area contributed by atoms with Crippen LogP contribution < -0.4 is 5.73 Å². The molecule has 0 aromatic rings. The first-order chi connectivity index (χ1) is 10.8. The van der Waals surface area contributed by atoms with E-state index in [0.29, 0.717) is 18.3 Å². The minimum atomic E-state index is -0.498. The van der Waals surface area contributed by atoms with Crippen molar-refractivity contribution in [2.24, 2.45) is 5.73 Å². The van der Waals surface area contributed by atoms with Crippen LogP contribution in [-0.2, 0) is 4.74 Å². The number of β-amino-alcohol motifs (C(OH)–C–C–N with tert-alkyl or cyclic N) is 1. The molecule has 138 valence electrons. The second kappa shape index (κ2) is 11.9. The first kappa shape index (κ1) is 22.4. The number of aliphatic hydroxyl groups is 1. The molecule has 23 heavy (non-hydrogen) atoms. The number of hydrogen-bond acceptors (Lipinski definition) is 4. The van der Waals surface area contributed by atoms with E-state index in [0.717, 1.165) is 19.4 Å². The van der Waals surface area contributed by atoms with Crippen molar-refractivity contribution in [1.82, 2.24) is 4.90 Å². The summed E-state index contributed by atoms with van der Waals surface area (Å²) in [5.41, 5.74) is 5.71. The van der Waals surface area contributed by atoms with Crippen molar-refractivity contribution in [1.29, 1.82) is 0 Å². The molecule has 3 N–H and O–H groups in total. The van der Waals surface area contributed by atoms with E-state index in [2.05, 4.69) is 39.2 Å². The number of aliphatic hydroxyl groups excluding tert-OH is 1. The average Bonchev–Trinajstić information content (AvgIpc) is 3.20. The largest absolute Gasteiger partial charge is 0.494 e. The fraction of sp³-hybridized carbons (Fsp3) is 0.895. The molecule has 4 atom stereocenters. The van der Waals surface area contributed by atoms with Gasteiger partial charge in [-0.1, -0.05) is 59.5 Å². The Morgan fingerprint density at radius 3 is 2.30 bits per heavy atom. The number of nitrogens with zero attached hydrogens (tertiary/aromatic N) is 1. The zero-order valence-electron chi connectivity index (χ0n) is 16.1. The fourth-order valence-corrected chi connectivity index (χ4v) is 2.11. The van der Waals surface area contributed by atoms with Crippen LogP contribution in [0.2, 0.25) is 0 Å². The molecule has 0 radical (unpaired) electrons. The first-order valence-corrected chi connectivity index (χ1v) is 9.31. The van der Waals surface area contributed by atoms with Crippen LogP contribution in [0.25, 0.3) is 0 Å². The van der Waals surface area contributed by atoms with Crippen molar-refractivity contribution in [3.63, 3.8) is 0 Å². The molecule has 1 saturated heterocycles. The van der Waals surface area contributed by atoms with E-state index in [1.165, 1.54) is 25.7 Å². The maximum atomic E-state index is 9.86. The number of unbranched alkanes of at least 4 members (excludes halogenated alkanes) is 3. The van der Waals surface area contributed by atoms with Gasteiger partial charge in [0, 0.05) is 19.1 Å². The van der Waals surface area contributed by atoms with Crippen LogP contribution in [-0.4, -0.2) is 47.4 Å². The summed E-state index contributed by atoms with van der Waals surface area (Å²) >= 11 is 0. The Hall–Kier alpha value is -0.580. The normalized spacial score (nSPS) is 23.3. The maximum Gasteiger partial charge on any atom is 0.115 e. The van der Waals surface area contributed by atoms with Gasteiger partial charge in [-0.2, -0.15) is 0 Å². The van der Waals surface area contributed by atoms with Gasteiger partial charge in [-0.05, 0) is 20.3 Å². The van der Waals surface area contributed by atoms with Crippen molar-refractivity contribution in [2.45, 2.75) is 90.8 Å².